The molecule has 1 aromatic heterocycles. The third-order valence-corrected chi connectivity index (χ3v) is 5.21. The van der Waals surface area contributed by atoms with Gasteiger partial charge >= 0.3 is 0 Å². The second-order valence-corrected chi connectivity index (χ2v) is 7.27. The van der Waals surface area contributed by atoms with Crippen LogP contribution in [-0.2, 0) is 4.79 Å². The summed E-state index contributed by atoms with van der Waals surface area (Å²) < 4.78 is 5.35. The zero-order chi connectivity index (χ0) is 18.3. The number of nitrogen functional groups attached to an aromatic ring is 1. The monoisotopic (exact) mass is 364 g/mol. The Bertz CT molecular complexity index is 1030. The minimum atomic E-state index is -0.238. The number of benzene rings is 2. The number of fused-ring (bicyclic) bond motifs is 1. The van der Waals surface area contributed by atoms with Crippen LogP contribution < -0.4 is 15.8 Å². The first-order valence-electron chi connectivity index (χ1n) is 8.10. The number of hydrogen-bond donors (Lipinski definition) is 2. The van der Waals surface area contributed by atoms with Crippen LogP contribution >= 0.6 is 11.3 Å². The van der Waals surface area contributed by atoms with Crippen molar-refractivity contribution in [2.24, 2.45) is 0 Å². The third-order valence-electron chi connectivity index (χ3n) is 4.28. The highest BCUT2D eigenvalue weighted by Gasteiger charge is 2.24. The molecule has 26 heavy (non-hydrogen) atoms. The molecule has 0 saturated heterocycles. The maximum absolute atomic E-state index is 13.2. The van der Waals surface area contributed by atoms with Gasteiger partial charge in [-0.15, -0.1) is 11.3 Å². The van der Waals surface area contributed by atoms with Crippen LogP contribution in [0.15, 0.2) is 48.5 Å². The van der Waals surface area contributed by atoms with Crippen molar-refractivity contribution in [3.63, 3.8) is 0 Å². The van der Waals surface area contributed by atoms with Gasteiger partial charge in [-0.3, -0.25) is 9.59 Å². The van der Waals surface area contributed by atoms with Gasteiger partial charge in [0.05, 0.1) is 16.3 Å². The fourth-order valence-electron chi connectivity index (χ4n) is 3.11. The number of hydrogen-bond acceptors (Lipinski definition) is 5. The van der Waals surface area contributed by atoms with Crippen LogP contribution in [0.1, 0.15) is 20.8 Å². The minimum Gasteiger partial charge on any atom is -0.482 e. The first-order chi connectivity index (χ1) is 12.5. The van der Waals surface area contributed by atoms with E-state index in [1.807, 2.05) is 37.3 Å². The Morgan fingerprint density at radius 2 is 1.96 bits per heavy atom. The molecule has 5 nitrogen and oxygen atoms in total. The number of rotatable bonds is 3. The number of ether oxygens (including phenoxy) is 1. The number of amides is 1. The van der Waals surface area contributed by atoms with Crippen LogP contribution in [0, 0.1) is 6.92 Å². The van der Waals surface area contributed by atoms with Crippen molar-refractivity contribution in [1.82, 2.24) is 0 Å². The molecule has 0 aliphatic carbocycles. The highest BCUT2D eigenvalue weighted by molar-refractivity contribution is 7.16. The highest BCUT2D eigenvalue weighted by atomic mass is 32.1. The van der Waals surface area contributed by atoms with Crippen molar-refractivity contribution in [3.8, 4) is 16.9 Å². The summed E-state index contributed by atoms with van der Waals surface area (Å²) in [6.45, 7) is 1.94. The van der Waals surface area contributed by atoms with E-state index in [-0.39, 0.29) is 18.3 Å². The van der Waals surface area contributed by atoms with E-state index >= 15 is 0 Å². The molecule has 0 bridgehead atoms. The van der Waals surface area contributed by atoms with E-state index in [0.717, 1.165) is 16.0 Å². The largest absolute Gasteiger partial charge is 0.482 e. The fourth-order valence-corrected chi connectivity index (χ4v) is 4.06. The number of ketones is 1. The molecule has 130 valence electrons. The van der Waals surface area contributed by atoms with Crippen LogP contribution in [0.2, 0.25) is 0 Å². The van der Waals surface area contributed by atoms with Crippen LogP contribution in [0.3, 0.4) is 0 Å². The van der Waals surface area contributed by atoms with Gasteiger partial charge in [0.2, 0.25) is 0 Å². The van der Waals surface area contributed by atoms with Crippen molar-refractivity contribution in [2.45, 2.75) is 6.92 Å². The maximum Gasteiger partial charge on any atom is 0.262 e. The van der Waals surface area contributed by atoms with Crippen molar-refractivity contribution in [2.75, 3.05) is 17.7 Å². The van der Waals surface area contributed by atoms with Crippen molar-refractivity contribution >= 4 is 33.7 Å². The number of anilines is 2. The number of carbonyl (C=O) groups is 2. The zero-order valence-corrected chi connectivity index (χ0v) is 14.9. The average molecular weight is 364 g/mol. The predicted molar refractivity (Wildman–Crippen MR) is 103 cm³/mol. The Morgan fingerprint density at radius 3 is 2.73 bits per heavy atom. The molecule has 3 aromatic rings. The van der Waals surface area contributed by atoms with E-state index in [2.05, 4.69) is 5.32 Å². The molecule has 3 N–H and O–H groups in total. The van der Waals surface area contributed by atoms with E-state index in [1.54, 1.807) is 18.2 Å². The van der Waals surface area contributed by atoms with Gasteiger partial charge in [-0.25, -0.2) is 0 Å². The van der Waals surface area contributed by atoms with Gasteiger partial charge < -0.3 is 15.8 Å². The van der Waals surface area contributed by atoms with E-state index < -0.39 is 0 Å². The predicted octanol–water partition coefficient (Wildman–Crippen LogP) is 3.87. The molecule has 0 spiro atoms. The van der Waals surface area contributed by atoms with Gasteiger partial charge in [0, 0.05) is 16.0 Å². The standard InChI is InChI=1S/C20H16N2O3S/c1-11-17(12-5-3-2-4-6-12)18(20(21)26-11)19(24)13-7-8-15-14(9-13)22-16(23)10-25-15/h2-9H,10,21H2,1H3,(H,22,23). The summed E-state index contributed by atoms with van der Waals surface area (Å²) in [6, 6.07) is 14.8. The Balaban J connectivity index is 1.81. The Hall–Kier alpha value is -3.12. The maximum atomic E-state index is 13.2. The molecule has 0 unspecified atom stereocenters. The molecule has 0 fully saturated rings. The summed E-state index contributed by atoms with van der Waals surface area (Å²) >= 11 is 1.41. The number of nitrogens with one attached hydrogen (secondary N) is 1. The Morgan fingerprint density at radius 1 is 1.19 bits per heavy atom. The normalized spacial score (nSPS) is 12.9. The molecule has 4 rings (SSSR count). The van der Waals surface area contributed by atoms with Gasteiger partial charge in [-0.1, -0.05) is 30.3 Å². The van der Waals surface area contributed by atoms with Gasteiger partial charge in [0.1, 0.15) is 5.75 Å². The molecule has 0 atom stereocenters. The summed E-state index contributed by atoms with van der Waals surface area (Å²) in [5.74, 6) is 0.144. The summed E-state index contributed by atoms with van der Waals surface area (Å²) in [7, 11) is 0. The van der Waals surface area contributed by atoms with Crippen LogP contribution in [0.4, 0.5) is 10.7 Å². The van der Waals surface area contributed by atoms with E-state index in [0.29, 0.717) is 27.6 Å². The minimum absolute atomic E-state index is 0.0187. The molecular weight excluding hydrogens is 348 g/mol. The van der Waals surface area contributed by atoms with Crippen LogP contribution in [0.5, 0.6) is 5.75 Å². The molecule has 1 amide bonds. The summed E-state index contributed by atoms with van der Waals surface area (Å²) in [4.78, 5) is 25.7. The topological polar surface area (TPSA) is 81.4 Å². The first kappa shape index (κ1) is 16.4. The lowest BCUT2D eigenvalue weighted by Gasteiger charge is -2.18. The molecule has 2 heterocycles. The highest BCUT2D eigenvalue weighted by Crippen LogP contribution is 2.40. The molecule has 6 heteroatoms. The molecule has 1 aliphatic rings. The molecule has 2 aromatic carbocycles. The lowest BCUT2D eigenvalue weighted by atomic mass is 9.95. The van der Waals surface area contributed by atoms with Gasteiger partial charge in [0.25, 0.3) is 5.91 Å². The van der Waals surface area contributed by atoms with Crippen molar-refractivity contribution < 1.29 is 14.3 Å². The van der Waals surface area contributed by atoms with Gasteiger partial charge in [0.15, 0.2) is 12.4 Å². The molecule has 1 aliphatic heterocycles. The summed E-state index contributed by atoms with van der Waals surface area (Å²) in [5.41, 5.74) is 9.45. The van der Waals surface area contributed by atoms with Gasteiger partial charge in [-0.05, 0) is 30.7 Å². The zero-order valence-electron chi connectivity index (χ0n) is 14.0. The number of nitrogens with two attached hydrogens (primary N) is 1. The lowest BCUT2D eigenvalue weighted by Crippen LogP contribution is -2.25. The smallest absolute Gasteiger partial charge is 0.262 e. The second-order valence-electron chi connectivity index (χ2n) is 6.02. The fraction of sp³-hybridized carbons (Fsp3) is 0.100. The molecule has 0 saturated carbocycles. The molecule has 0 radical (unpaired) electrons. The number of thiophene rings is 1. The average Bonchev–Trinajstić information content (AvgIpc) is 2.95. The number of aryl methyl sites for hydroxylation is 1. The second kappa shape index (κ2) is 6.31. The van der Waals surface area contributed by atoms with Crippen LogP contribution in [0.25, 0.3) is 11.1 Å². The summed E-state index contributed by atoms with van der Waals surface area (Å²) in [5, 5.41) is 3.22. The van der Waals surface area contributed by atoms with E-state index in [1.165, 1.54) is 11.3 Å². The SMILES string of the molecule is Cc1sc(N)c(C(=O)c2ccc3c(c2)NC(=O)CO3)c1-c1ccccc1. The van der Waals surface area contributed by atoms with Crippen LogP contribution in [-0.4, -0.2) is 18.3 Å². The Labute approximate surface area is 154 Å². The van der Waals surface area contributed by atoms with Gasteiger partial charge in [-0.2, -0.15) is 0 Å². The lowest BCUT2D eigenvalue weighted by molar-refractivity contribution is -0.118. The quantitative estimate of drug-likeness (QED) is 0.691. The number of carbonyl (C=O) groups excluding carboxylic acids is 2. The van der Waals surface area contributed by atoms with Crippen molar-refractivity contribution in [1.29, 1.82) is 0 Å². The third kappa shape index (κ3) is 2.74. The van der Waals surface area contributed by atoms with Crippen molar-refractivity contribution in [3.05, 3.63) is 64.5 Å². The summed E-state index contributed by atoms with van der Waals surface area (Å²) in [6.07, 6.45) is 0. The van der Waals surface area contributed by atoms with E-state index in [9.17, 15) is 9.59 Å². The molecular formula is C20H16N2O3S. The van der Waals surface area contributed by atoms with E-state index in [4.69, 9.17) is 10.5 Å². The first-order valence-corrected chi connectivity index (χ1v) is 8.92. The Kier molecular flexibility index (Phi) is 3.97.